The Kier molecular flexibility index (Phi) is 5.99. The molecule has 0 aliphatic carbocycles. The highest BCUT2D eigenvalue weighted by Gasteiger charge is 2.39. The number of rotatable bonds is 8. The van der Waals surface area contributed by atoms with E-state index in [2.05, 4.69) is 0 Å². The molecule has 31 heavy (non-hydrogen) atoms. The van der Waals surface area contributed by atoms with E-state index in [0.29, 0.717) is 17.8 Å². The van der Waals surface area contributed by atoms with Crippen molar-refractivity contribution in [1.82, 2.24) is 4.57 Å². The Morgan fingerprint density at radius 3 is 2.29 bits per heavy atom. The number of nitrogens with two attached hydrogens (primary N) is 1. The van der Waals surface area contributed by atoms with E-state index < -0.39 is 31.1 Å². The predicted molar refractivity (Wildman–Crippen MR) is 110 cm³/mol. The Hall–Kier alpha value is -3.46. The average Bonchev–Trinajstić information content (AvgIpc) is 2.97. The molecule has 1 unspecified atom stereocenters. The van der Waals surface area contributed by atoms with Crippen molar-refractivity contribution in [1.29, 1.82) is 0 Å². The molecule has 162 valence electrons. The van der Waals surface area contributed by atoms with Crippen LogP contribution in [0.3, 0.4) is 0 Å². The standard InChI is InChI=1S/C20H19N2O8P/c1-11-15(17(23)18(21)24)16-13(22(11)10-12-6-3-2-4-7-12)8-5-9-14(16)30-20(19(25)26)31(27,28)29/h2-9,20H,10H2,1H3,(H2,21,24)(H,25,26)(H2,27,28,29). The molecular weight excluding hydrogens is 427 g/mol. The smallest absolute Gasteiger partial charge is 0.377 e. The zero-order valence-electron chi connectivity index (χ0n) is 16.3. The lowest BCUT2D eigenvalue weighted by Crippen LogP contribution is -2.27. The molecule has 1 aromatic heterocycles. The fourth-order valence-corrected chi connectivity index (χ4v) is 3.88. The fourth-order valence-electron chi connectivity index (χ4n) is 3.34. The number of benzene rings is 2. The van der Waals surface area contributed by atoms with Crippen LogP contribution in [-0.4, -0.2) is 43.0 Å². The Morgan fingerprint density at radius 1 is 1.10 bits per heavy atom. The van der Waals surface area contributed by atoms with Crippen molar-refractivity contribution >= 4 is 36.2 Å². The molecule has 2 aromatic carbocycles. The minimum Gasteiger partial charge on any atom is -0.478 e. The summed E-state index contributed by atoms with van der Waals surface area (Å²) in [6.45, 7) is 1.89. The third-order valence-corrected chi connectivity index (χ3v) is 5.64. The number of ketones is 1. The van der Waals surface area contributed by atoms with Gasteiger partial charge < -0.3 is 29.9 Å². The molecule has 1 atom stereocenters. The van der Waals surface area contributed by atoms with Crippen molar-refractivity contribution in [3.63, 3.8) is 0 Å². The third kappa shape index (κ3) is 4.36. The summed E-state index contributed by atoms with van der Waals surface area (Å²) in [6.07, 6.45) is 0. The zero-order chi connectivity index (χ0) is 22.9. The van der Waals surface area contributed by atoms with E-state index in [1.165, 1.54) is 12.1 Å². The number of carboxylic acid groups (broad SMARTS) is 1. The number of carboxylic acids is 1. The van der Waals surface area contributed by atoms with Crippen LogP contribution in [0.1, 0.15) is 21.6 Å². The number of nitrogens with zero attached hydrogens (tertiary/aromatic N) is 1. The number of Topliss-reactive ketones (excluding diaryl/α,β-unsaturated/α-hetero) is 1. The van der Waals surface area contributed by atoms with Gasteiger partial charge in [-0.2, -0.15) is 0 Å². The first-order valence-electron chi connectivity index (χ1n) is 8.97. The van der Waals surface area contributed by atoms with E-state index in [1.807, 2.05) is 30.3 Å². The molecule has 0 bridgehead atoms. The average molecular weight is 446 g/mol. The van der Waals surface area contributed by atoms with E-state index in [1.54, 1.807) is 17.6 Å². The van der Waals surface area contributed by atoms with Crippen LogP contribution in [0.2, 0.25) is 0 Å². The van der Waals surface area contributed by atoms with Crippen molar-refractivity contribution < 1.29 is 38.6 Å². The van der Waals surface area contributed by atoms with Gasteiger partial charge in [-0.1, -0.05) is 36.4 Å². The molecule has 1 heterocycles. The van der Waals surface area contributed by atoms with Crippen molar-refractivity contribution in [3.8, 4) is 5.75 Å². The maximum absolute atomic E-state index is 12.6. The summed E-state index contributed by atoms with van der Waals surface area (Å²) in [7, 11) is -5.20. The molecule has 0 radical (unpaired) electrons. The lowest BCUT2D eigenvalue weighted by Gasteiger charge is -2.17. The summed E-state index contributed by atoms with van der Waals surface area (Å²) in [5.74, 6) is -6.91. The van der Waals surface area contributed by atoms with Gasteiger partial charge in [-0.05, 0) is 24.6 Å². The zero-order valence-corrected chi connectivity index (χ0v) is 17.2. The van der Waals surface area contributed by atoms with Gasteiger partial charge in [-0.25, -0.2) is 4.79 Å². The minimum atomic E-state index is -5.20. The van der Waals surface area contributed by atoms with Crippen LogP contribution in [0.15, 0.2) is 48.5 Å². The van der Waals surface area contributed by atoms with E-state index in [-0.39, 0.29) is 16.7 Å². The van der Waals surface area contributed by atoms with Crippen LogP contribution in [0.4, 0.5) is 0 Å². The van der Waals surface area contributed by atoms with Crippen molar-refractivity contribution in [3.05, 3.63) is 65.4 Å². The number of carbonyl (C=O) groups excluding carboxylic acids is 2. The molecular formula is C20H19N2O8P. The van der Waals surface area contributed by atoms with E-state index in [0.717, 1.165) is 5.56 Å². The highest BCUT2D eigenvalue weighted by Crippen LogP contribution is 2.44. The first-order valence-corrected chi connectivity index (χ1v) is 10.6. The summed E-state index contributed by atoms with van der Waals surface area (Å²) in [4.78, 5) is 54.4. The maximum atomic E-state index is 12.6. The summed E-state index contributed by atoms with van der Waals surface area (Å²) in [5, 5.41) is 9.24. The van der Waals surface area contributed by atoms with Crippen molar-refractivity contribution in [2.75, 3.05) is 0 Å². The van der Waals surface area contributed by atoms with E-state index >= 15 is 0 Å². The van der Waals surface area contributed by atoms with E-state index in [4.69, 9.17) is 10.5 Å². The van der Waals surface area contributed by atoms with Crippen LogP contribution in [0.25, 0.3) is 10.9 Å². The molecule has 0 aliphatic rings. The number of carbonyl (C=O) groups is 3. The van der Waals surface area contributed by atoms with Crippen LogP contribution in [-0.2, 0) is 20.7 Å². The predicted octanol–water partition coefficient (Wildman–Crippen LogP) is 1.63. The first-order chi connectivity index (χ1) is 14.5. The van der Waals surface area contributed by atoms with Gasteiger partial charge in [0.1, 0.15) is 5.75 Å². The second kappa shape index (κ2) is 8.35. The lowest BCUT2D eigenvalue weighted by molar-refractivity contribution is -0.141. The number of ether oxygens (including phenoxy) is 1. The topological polar surface area (TPSA) is 169 Å². The van der Waals surface area contributed by atoms with Crippen LogP contribution < -0.4 is 10.5 Å². The minimum absolute atomic E-state index is 0.0411. The SMILES string of the molecule is Cc1c(C(=O)C(N)=O)c2c(OC(C(=O)O)P(=O)(O)O)cccc2n1Cc1ccccc1. The number of amides is 1. The molecule has 0 saturated carbocycles. The van der Waals surface area contributed by atoms with Gasteiger partial charge in [0.15, 0.2) is 0 Å². The monoisotopic (exact) mass is 446 g/mol. The molecule has 11 heteroatoms. The molecule has 1 amide bonds. The number of primary amides is 1. The normalized spacial score (nSPS) is 12.5. The van der Waals surface area contributed by atoms with Crippen LogP contribution in [0, 0.1) is 6.92 Å². The largest absolute Gasteiger partial charge is 0.478 e. The summed E-state index contributed by atoms with van der Waals surface area (Å²) in [6, 6.07) is 13.6. The Labute approximate surface area is 176 Å². The Balaban J connectivity index is 2.27. The van der Waals surface area contributed by atoms with Gasteiger partial charge in [-0.3, -0.25) is 14.2 Å². The molecule has 3 rings (SSSR count). The van der Waals surface area contributed by atoms with Gasteiger partial charge in [0.05, 0.1) is 16.5 Å². The number of aliphatic carboxylic acids is 1. The molecule has 0 fully saturated rings. The van der Waals surface area contributed by atoms with Gasteiger partial charge in [0.2, 0.25) is 0 Å². The maximum Gasteiger partial charge on any atom is 0.377 e. The lowest BCUT2D eigenvalue weighted by atomic mass is 10.1. The quantitative estimate of drug-likeness (QED) is 0.230. The second-order valence-corrected chi connectivity index (χ2v) is 8.42. The number of fused-ring (bicyclic) bond motifs is 1. The second-order valence-electron chi connectivity index (χ2n) is 6.77. The summed E-state index contributed by atoms with van der Waals surface area (Å²) in [5.41, 5.74) is 6.72. The molecule has 0 spiro atoms. The Bertz CT molecular complexity index is 1230. The molecule has 5 N–H and O–H groups in total. The molecule has 0 saturated heterocycles. The Morgan fingerprint density at radius 2 is 1.74 bits per heavy atom. The van der Waals surface area contributed by atoms with Crippen molar-refractivity contribution in [2.45, 2.75) is 19.3 Å². The van der Waals surface area contributed by atoms with Gasteiger partial charge >= 0.3 is 13.6 Å². The van der Waals surface area contributed by atoms with E-state index in [9.17, 15) is 33.8 Å². The van der Waals surface area contributed by atoms with Gasteiger partial charge in [-0.15, -0.1) is 0 Å². The summed E-state index contributed by atoms with van der Waals surface area (Å²) >= 11 is 0. The highest BCUT2D eigenvalue weighted by atomic mass is 31.2. The molecule has 0 aliphatic heterocycles. The summed E-state index contributed by atoms with van der Waals surface area (Å²) < 4.78 is 18.5. The van der Waals surface area contributed by atoms with Gasteiger partial charge in [0, 0.05) is 12.2 Å². The number of hydrogen-bond acceptors (Lipinski definition) is 5. The van der Waals surface area contributed by atoms with Gasteiger partial charge in [0.25, 0.3) is 17.5 Å². The highest BCUT2D eigenvalue weighted by molar-refractivity contribution is 7.53. The van der Waals surface area contributed by atoms with Crippen LogP contribution in [0.5, 0.6) is 5.75 Å². The molecule has 3 aromatic rings. The fraction of sp³-hybridized carbons (Fsp3) is 0.150. The molecule has 10 nitrogen and oxygen atoms in total. The number of hydrogen-bond donors (Lipinski definition) is 4. The van der Waals surface area contributed by atoms with Crippen LogP contribution >= 0.6 is 7.60 Å². The first kappa shape index (κ1) is 22.2. The number of aromatic nitrogens is 1. The van der Waals surface area contributed by atoms with Crippen molar-refractivity contribution in [2.24, 2.45) is 5.73 Å². The third-order valence-electron chi connectivity index (χ3n) is 4.70.